The van der Waals surface area contributed by atoms with Gasteiger partial charge in [0, 0.05) is 17.5 Å². The van der Waals surface area contributed by atoms with Gasteiger partial charge in [0.05, 0.1) is 37.4 Å². The normalized spacial score (nSPS) is 10.9. The second-order valence-corrected chi connectivity index (χ2v) is 7.87. The summed E-state index contributed by atoms with van der Waals surface area (Å²) >= 11 is 1.49. The van der Waals surface area contributed by atoms with Crippen LogP contribution in [-0.2, 0) is 17.8 Å². The van der Waals surface area contributed by atoms with Crippen molar-refractivity contribution in [3.63, 3.8) is 0 Å². The number of aromatic nitrogens is 3. The summed E-state index contributed by atoms with van der Waals surface area (Å²) in [7, 11) is 3.21. The van der Waals surface area contributed by atoms with E-state index in [2.05, 4.69) is 22.2 Å². The summed E-state index contributed by atoms with van der Waals surface area (Å²) in [5.74, 6) is 1.74. The third kappa shape index (κ3) is 4.39. The van der Waals surface area contributed by atoms with Crippen LogP contribution in [0.25, 0.3) is 21.6 Å². The first-order valence-corrected chi connectivity index (χ1v) is 10.9. The topological polar surface area (TPSA) is 78.3 Å². The van der Waals surface area contributed by atoms with Crippen molar-refractivity contribution >= 4 is 34.2 Å². The number of anilines is 1. The van der Waals surface area contributed by atoms with E-state index in [4.69, 9.17) is 9.47 Å². The summed E-state index contributed by atoms with van der Waals surface area (Å²) in [6.07, 6.45) is 1.13. The first-order chi connectivity index (χ1) is 15.1. The molecule has 0 radical (unpaired) electrons. The van der Waals surface area contributed by atoms with E-state index < -0.39 is 0 Å². The van der Waals surface area contributed by atoms with Gasteiger partial charge in [-0.3, -0.25) is 10.1 Å². The van der Waals surface area contributed by atoms with Crippen molar-refractivity contribution in [3.05, 3.63) is 53.5 Å². The van der Waals surface area contributed by atoms with E-state index in [0.29, 0.717) is 23.1 Å². The molecule has 160 valence electrons. The number of para-hydroxylation sites is 2. The van der Waals surface area contributed by atoms with Gasteiger partial charge in [0.25, 0.3) is 0 Å². The van der Waals surface area contributed by atoms with E-state index in [9.17, 15) is 4.79 Å². The maximum Gasteiger partial charge on any atom is 0.232 e. The zero-order valence-electron chi connectivity index (χ0n) is 17.7. The number of hydrogen-bond donors (Lipinski definition) is 1. The second kappa shape index (κ2) is 9.18. The molecule has 4 rings (SSSR count). The highest BCUT2D eigenvalue weighted by atomic mass is 32.1. The third-order valence-corrected chi connectivity index (χ3v) is 5.82. The van der Waals surface area contributed by atoms with Crippen molar-refractivity contribution < 1.29 is 14.3 Å². The molecule has 0 aliphatic rings. The SMILES string of the molecule is CCCn1c(NC(=O)Cc2csc(-c3ccc(OC)c(OC)c3)n2)nc2ccccc21. The van der Waals surface area contributed by atoms with Crippen molar-refractivity contribution in [2.24, 2.45) is 0 Å². The average Bonchev–Trinajstić information content (AvgIpc) is 3.38. The molecule has 0 saturated heterocycles. The van der Waals surface area contributed by atoms with Crippen LogP contribution in [0.4, 0.5) is 5.95 Å². The molecule has 2 aromatic heterocycles. The van der Waals surface area contributed by atoms with Crippen LogP contribution in [0, 0.1) is 0 Å². The number of aryl methyl sites for hydroxylation is 1. The quantitative estimate of drug-likeness (QED) is 0.431. The number of carbonyl (C=O) groups excluding carboxylic acids is 1. The molecule has 31 heavy (non-hydrogen) atoms. The number of carbonyl (C=O) groups is 1. The minimum atomic E-state index is -0.142. The molecule has 0 atom stereocenters. The zero-order chi connectivity index (χ0) is 21.8. The molecule has 0 aliphatic carbocycles. The lowest BCUT2D eigenvalue weighted by molar-refractivity contribution is -0.115. The third-order valence-electron chi connectivity index (χ3n) is 4.88. The van der Waals surface area contributed by atoms with Crippen LogP contribution >= 0.6 is 11.3 Å². The van der Waals surface area contributed by atoms with Crippen LogP contribution in [-0.4, -0.2) is 34.7 Å². The van der Waals surface area contributed by atoms with E-state index in [1.165, 1.54) is 11.3 Å². The number of rotatable bonds is 8. The molecule has 0 spiro atoms. The average molecular weight is 437 g/mol. The van der Waals surface area contributed by atoms with Gasteiger partial charge in [-0.2, -0.15) is 0 Å². The molecule has 8 heteroatoms. The van der Waals surface area contributed by atoms with Crippen LogP contribution in [0.2, 0.25) is 0 Å². The van der Waals surface area contributed by atoms with Gasteiger partial charge in [-0.15, -0.1) is 11.3 Å². The standard InChI is InChI=1S/C23H24N4O3S/c1-4-11-27-18-8-6-5-7-17(18)25-23(27)26-21(28)13-16-14-31-22(24-16)15-9-10-19(29-2)20(12-15)30-3/h5-10,12,14H,4,11,13H2,1-3H3,(H,25,26,28). The minimum Gasteiger partial charge on any atom is -0.493 e. The molecule has 1 amide bonds. The number of nitrogens with one attached hydrogen (secondary N) is 1. The maximum absolute atomic E-state index is 12.7. The predicted molar refractivity (Wildman–Crippen MR) is 123 cm³/mol. The van der Waals surface area contributed by atoms with Crippen LogP contribution in [0.5, 0.6) is 11.5 Å². The summed E-state index contributed by atoms with van der Waals surface area (Å²) in [5.41, 5.74) is 3.52. The largest absolute Gasteiger partial charge is 0.493 e. The van der Waals surface area contributed by atoms with Crippen LogP contribution in [0.1, 0.15) is 19.0 Å². The first kappa shape index (κ1) is 20.9. The molecule has 0 bridgehead atoms. The number of fused-ring (bicyclic) bond motifs is 1. The van der Waals surface area contributed by atoms with Gasteiger partial charge in [0.1, 0.15) is 5.01 Å². The highest BCUT2D eigenvalue weighted by molar-refractivity contribution is 7.13. The summed E-state index contributed by atoms with van der Waals surface area (Å²) in [5, 5.41) is 5.68. The van der Waals surface area contributed by atoms with Gasteiger partial charge in [0.2, 0.25) is 11.9 Å². The van der Waals surface area contributed by atoms with Crippen molar-refractivity contribution in [3.8, 4) is 22.1 Å². The molecule has 2 heterocycles. The Morgan fingerprint density at radius 1 is 1.10 bits per heavy atom. The Balaban J connectivity index is 1.50. The Kier molecular flexibility index (Phi) is 6.18. The molecule has 0 saturated carbocycles. The molecule has 1 N–H and O–H groups in total. The lowest BCUT2D eigenvalue weighted by Gasteiger charge is -2.08. The van der Waals surface area contributed by atoms with Crippen molar-refractivity contribution in [2.75, 3.05) is 19.5 Å². The molecule has 2 aromatic carbocycles. The Hall–Kier alpha value is -3.39. The Bertz CT molecular complexity index is 1210. The van der Waals surface area contributed by atoms with E-state index in [1.807, 2.05) is 52.4 Å². The van der Waals surface area contributed by atoms with E-state index in [1.54, 1.807) is 14.2 Å². The van der Waals surface area contributed by atoms with Gasteiger partial charge in [-0.25, -0.2) is 9.97 Å². The summed E-state index contributed by atoms with van der Waals surface area (Å²) in [6.45, 7) is 2.89. The number of ether oxygens (including phenoxy) is 2. The van der Waals surface area contributed by atoms with E-state index in [-0.39, 0.29) is 12.3 Å². The summed E-state index contributed by atoms with van der Waals surface area (Å²) in [6, 6.07) is 13.6. The maximum atomic E-state index is 12.7. The van der Waals surface area contributed by atoms with Crippen molar-refractivity contribution in [1.82, 2.24) is 14.5 Å². The van der Waals surface area contributed by atoms with Gasteiger partial charge in [-0.1, -0.05) is 19.1 Å². The Morgan fingerprint density at radius 2 is 1.90 bits per heavy atom. The number of nitrogens with zero attached hydrogens (tertiary/aromatic N) is 3. The Morgan fingerprint density at radius 3 is 2.68 bits per heavy atom. The van der Waals surface area contributed by atoms with Crippen molar-refractivity contribution in [1.29, 1.82) is 0 Å². The fourth-order valence-corrected chi connectivity index (χ4v) is 4.26. The molecule has 0 aliphatic heterocycles. The smallest absolute Gasteiger partial charge is 0.232 e. The molecule has 0 unspecified atom stereocenters. The fourth-order valence-electron chi connectivity index (χ4n) is 3.44. The lowest BCUT2D eigenvalue weighted by atomic mass is 10.2. The second-order valence-electron chi connectivity index (χ2n) is 7.01. The highest BCUT2D eigenvalue weighted by Gasteiger charge is 2.15. The first-order valence-electron chi connectivity index (χ1n) is 10.0. The van der Waals surface area contributed by atoms with E-state index >= 15 is 0 Å². The summed E-state index contributed by atoms with van der Waals surface area (Å²) < 4.78 is 12.7. The molecule has 0 fully saturated rings. The monoisotopic (exact) mass is 436 g/mol. The molecule has 7 nitrogen and oxygen atoms in total. The number of amides is 1. The number of imidazole rings is 1. The van der Waals surface area contributed by atoms with Crippen LogP contribution in [0.3, 0.4) is 0 Å². The molecular weight excluding hydrogens is 412 g/mol. The van der Waals surface area contributed by atoms with E-state index in [0.717, 1.165) is 34.6 Å². The molecular formula is C23H24N4O3S. The van der Waals surface area contributed by atoms with Gasteiger partial charge in [-0.05, 0) is 36.8 Å². The number of hydrogen-bond acceptors (Lipinski definition) is 6. The Labute approximate surface area is 184 Å². The van der Waals surface area contributed by atoms with Crippen LogP contribution < -0.4 is 14.8 Å². The number of thiazole rings is 1. The summed E-state index contributed by atoms with van der Waals surface area (Å²) in [4.78, 5) is 21.9. The van der Waals surface area contributed by atoms with Crippen molar-refractivity contribution in [2.45, 2.75) is 26.3 Å². The number of methoxy groups -OCH3 is 2. The number of benzene rings is 2. The highest BCUT2D eigenvalue weighted by Crippen LogP contribution is 2.33. The fraction of sp³-hybridized carbons (Fsp3) is 0.261. The van der Waals surface area contributed by atoms with Gasteiger partial charge < -0.3 is 14.0 Å². The van der Waals surface area contributed by atoms with Gasteiger partial charge in [0.15, 0.2) is 11.5 Å². The molecule has 4 aromatic rings. The minimum absolute atomic E-state index is 0.142. The predicted octanol–water partition coefficient (Wildman–Crippen LogP) is 4.77. The van der Waals surface area contributed by atoms with Crippen LogP contribution in [0.15, 0.2) is 47.8 Å². The zero-order valence-corrected chi connectivity index (χ0v) is 18.5. The lowest BCUT2D eigenvalue weighted by Crippen LogP contribution is -2.18. The van der Waals surface area contributed by atoms with Gasteiger partial charge >= 0.3 is 0 Å².